The molecule has 2 rings (SSSR count). The molecule has 0 saturated heterocycles. The molecule has 2 heteroatoms. The highest BCUT2D eigenvalue weighted by Crippen LogP contribution is 2.20. The van der Waals surface area contributed by atoms with Gasteiger partial charge in [-0.05, 0) is 38.0 Å². The summed E-state index contributed by atoms with van der Waals surface area (Å²) in [4.78, 5) is 4.54. The van der Waals surface area contributed by atoms with Gasteiger partial charge >= 0.3 is 0 Å². The zero-order chi connectivity index (χ0) is 10.9. The van der Waals surface area contributed by atoms with Crippen LogP contribution in [0.2, 0.25) is 0 Å². The van der Waals surface area contributed by atoms with Crippen LogP contribution in [-0.2, 0) is 11.2 Å². The quantitative estimate of drug-likeness (QED) is 0.724. The van der Waals surface area contributed by atoms with Gasteiger partial charge in [-0.3, -0.25) is 0 Å². The molecule has 80 valence electrons. The van der Waals surface area contributed by atoms with Crippen molar-refractivity contribution >= 4 is 5.90 Å². The Morgan fingerprint density at radius 2 is 1.93 bits per heavy atom. The zero-order valence-corrected chi connectivity index (χ0v) is 9.58. The largest absolute Gasteiger partial charge is 0.475 e. The molecule has 1 heterocycles. The van der Waals surface area contributed by atoms with Crippen LogP contribution in [0.4, 0.5) is 0 Å². The normalized spacial score (nSPS) is 18.5. The van der Waals surface area contributed by atoms with E-state index in [1.165, 1.54) is 5.56 Å². The molecule has 0 atom stereocenters. The molecule has 0 N–H and O–H groups in total. The first kappa shape index (κ1) is 10.2. The van der Waals surface area contributed by atoms with Crippen molar-refractivity contribution in [3.63, 3.8) is 0 Å². The third-order valence-electron chi connectivity index (χ3n) is 2.58. The molecule has 0 radical (unpaired) electrons. The van der Waals surface area contributed by atoms with Crippen LogP contribution in [0.3, 0.4) is 0 Å². The maximum Gasteiger partial charge on any atom is 0.216 e. The Bertz CT molecular complexity index is 376. The minimum atomic E-state index is -0.0707. The van der Waals surface area contributed by atoms with E-state index in [0.29, 0.717) is 6.61 Å². The maximum absolute atomic E-state index is 5.58. The second kappa shape index (κ2) is 3.69. The minimum absolute atomic E-state index is 0.0707. The van der Waals surface area contributed by atoms with Gasteiger partial charge in [-0.1, -0.05) is 19.1 Å². The number of rotatable bonds is 2. The SMILES string of the molecule is CCc1ccc(C2=NC(C)(C)CO2)cc1. The van der Waals surface area contributed by atoms with Crippen molar-refractivity contribution < 1.29 is 4.74 Å². The van der Waals surface area contributed by atoms with E-state index < -0.39 is 0 Å². The van der Waals surface area contributed by atoms with Crippen molar-refractivity contribution in [2.45, 2.75) is 32.7 Å². The van der Waals surface area contributed by atoms with Gasteiger partial charge in [0.05, 0.1) is 5.54 Å². The molecular formula is C13H17NO. The summed E-state index contributed by atoms with van der Waals surface area (Å²) in [6, 6.07) is 8.43. The Kier molecular flexibility index (Phi) is 2.51. The number of nitrogens with zero attached hydrogens (tertiary/aromatic N) is 1. The van der Waals surface area contributed by atoms with E-state index in [1.54, 1.807) is 0 Å². The summed E-state index contributed by atoms with van der Waals surface area (Å²) >= 11 is 0. The van der Waals surface area contributed by atoms with Crippen LogP contribution in [0.1, 0.15) is 31.9 Å². The second-order valence-electron chi connectivity index (χ2n) is 4.57. The number of ether oxygens (including phenoxy) is 1. The first-order valence-corrected chi connectivity index (χ1v) is 5.43. The van der Waals surface area contributed by atoms with Crippen molar-refractivity contribution in [2.75, 3.05) is 6.61 Å². The molecular weight excluding hydrogens is 186 g/mol. The maximum atomic E-state index is 5.58. The number of benzene rings is 1. The molecule has 0 unspecified atom stereocenters. The van der Waals surface area contributed by atoms with Gasteiger partial charge in [-0.2, -0.15) is 0 Å². The third kappa shape index (κ3) is 2.20. The molecule has 1 aliphatic heterocycles. The standard InChI is InChI=1S/C13H17NO/c1-4-10-5-7-11(8-6-10)12-14-13(2,3)9-15-12/h5-8H,4,9H2,1-3H3. The average Bonchev–Trinajstić information content (AvgIpc) is 2.59. The number of aryl methyl sites for hydroxylation is 1. The third-order valence-corrected chi connectivity index (χ3v) is 2.58. The Morgan fingerprint density at radius 3 is 2.40 bits per heavy atom. The first-order valence-electron chi connectivity index (χ1n) is 5.43. The average molecular weight is 203 g/mol. The molecule has 15 heavy (non-hydrogen) atoms. The first-order chi connectivity index (χ1) is 7.11. The molecule has 0 aromatic heterocycles. The van der Waals surface area contributed by atoms with Gasteiger partial charge in [0.25, 0.3) is 0 Å². The minimum Gasteiger partial charge on any atom is -0.475 e. The molecule has 0 bridgehead atoms. The summed E-state index contributed by atoms with van der Waals surface area (Å²) < 4.78 is 5.58. The molecule has 0 aliphatic carbocycles. The monoisotopic (exact) mass is 203 g/mol. The van der Waals surface area contributed by atoms with Gasteiger partial charge in [0.1, 0.15) is 6.61 Å². The van der Waals surface area contributed by atoms with Crippen LogP contribution in [-0.4, -0.2) is 18.0 Å². The highest BCUT2D eigenvalue weighted by Gasteiger charge is 2.26. The van der Waals surface area contributed by atoms with Crippen LogP contribution in [0.5, 0.6) is 0 Å². The van der Waals surface area contributed by atoms with E-state index in [4.69, 9.17) is 4.74 Å². The summed E-state index contributed by atoms with van der Waals surface area (Å²) in [7, 11) is 0. The van der Waals surface area contributed by atoms with Crippen LogP contribution >= 0.6 is 0 Å². The Hall–Kier alpha value is -1.31. The molecule has 1 aliphatic rings. The topological polar surface area (TPSA) is 21.6 Å². The van der Waals surface area contributed by atoms with Gasteiger partial charge in [0, 0.05) is 5.56 Å². The summed E-state index contributed by atoms with van der Waals surface area (Å²) in [5.74, 6) is 0.780. The van der Waals surface area contributed by atoms with E-state index in [0.717, 1.165) is 17.9 Å². The highest BCUT2D eigenvalue weighted by atomic mass is 16.5. The predicted octanol–water partition coefficient (Wildman–Crippen LogP) is 2.80. The predicted molar refractivity (Wildman–Crippen MR) is 62.4 cm³/mol. The summed E-state index contributed by atoms with van der Waals surface area (Å²) in [5.41, 5.74) is 2.35. The molecule has 1 aromatic carbocycles. The summed E-state index contributed by atoms with van der Waals surface area (Å²) in [6.45, 7) is 7.00. The van der Waals surface area contributed by atoms with E-state index in [1.807, 2.05) is 0 Å². The van der Waals surface area contributed by atoms with Crippen molar-refractivity contribution in [1.29, 1.82) is 0 Å². The Balaban J connectivity index is 2.24. The second-order valence-corrected chi connectivity index (χ2v) is 4.57. The van der Waals surface area contributed by atoms with Crippen LogP contribution < -0.4 is 0 Å². The van der Waals surface area contributed by atoms with E-state index in [9.17, 15) is 0 Å². The van der Waals surface area contributed by atoms with Crippen LogP contribution in [0, 0.1) is 0 Å². The molecule has 2 nitrogen and oxygen atoms in total. The van der Waals surface area contributed by atoms with Crippen LogP contribution in [0.15, 0.2) is 29.3 Å². The lowest BCUT2D eigenvalue weighted by Gasteiger charge is -2.07. The van der Waals surface area contributed by atoms with Gasteiger partial charge in [-0.15, -0.1) is 0 Å². The fourth-order valence-electron chi connectivity index (χ4n) is 1.62. The summed E-state index contributed by atoms with van der Waals surface area (Å²) in [5, 5.41) is 0. The molecule has 0 saturated carbocycles. The van der Waals surface area contributed by atoms with Gasteiger partial charge in [0.15, 0.2) is 0 Å². The number of hydrogen-bond acceptors (Lipinski definition) is 2. The lowest BCUT2D eigenvalue weighted by atomic mass is 10.1. The van der Waals surface area contributed by atoms with Crippen molar-refractivity contribution in [3.05, 3.63) is 35.4 Å². The molecule has 1 aromatic rings. The van der Waals surface area contributed by atoms with Crippen molar-refractivity contribution in [1.82, 2.24) is 0 Å². The zero-order valence-electron chi connectivity index (χ0n) is 9.58. The number of aliphatic imine (C=N–C) groups is 1. The Labute approximate surface area is 91.0 Å². The van der Waals surface area contributed by atoms with E-state index in [2.05, 4.69) is 50.0 Å². The smallest absolute Gasteiger partial charge is 0.216 e. The van der Waals surface area contributed by atoms with Crippen LogP contribution in [0.25, 0.3) is 0 Å². The highest BCUT2D eigenvalue weighted by molar-refractivity contribution is 5.95. The van der Waals surface area contributed by atoms with Gasteiger partial charge in [0.2, 0.25) is 5.90 Å². The van der Waals surface area contributed by atoms with Gasteiger partial charge < -0.3 is 4.74 Å². The lowest BCUT2D eigenvalue weighted by Crippen LogP contribution is -2.17. The van der Waals surface area contributed by atoms with E-state index in [-0.39, 0.29) is 5.54 Å². The molecule has 0 spiro atoms. The molecule has 0 fully saturated rings. The van der Waals surface area contributed by atoms with Crippen molar-refractivity contribution in [2.24, 2.45) is 4.99 Å². The lowest BCUT2D eigenvalue weighted by molar-refractivity contribution is 0.279. The van der Waals surface area contributed by atoms with E-state index >= 15 is 0 Å². The fraction of sp³-hybridized carbons (Fsp3) is 0.462. The fourth-order valence-corrected chi connectivity index (χ4v) is 1.62. The molecule has 0 amide bonds. The summed E-state index contributed by atoms with van der Waals surface area (Å²) in [6.07, 6.45) is 1.07. The Morgan fingerprint density at radius 1 is 1.27 bits per heavy atom. The van der Waals surface area contributed by atoms with Crippen molar-refractivity contribution in [3.8, 4) is 0 Å². The number of hydrogen-bond donors (Lipinski definition) is 0. The van der Waals surface area contributed by atoms with Gasteiger partial charge in [-0.25, -0.2) is 4.99 Å².